The van der Waals surface area contributed by atoms with Crippen LogP contribution in [-0.4, -0.2) is 19.9 Å². The molecule has 2 aromatic rings. The van der Waals surface area contributed by atoms with Crippen LogP contribution >= 0.6 is 27.5 Å². The largest absolute Gasteiger partial charge is 0.378 e. The van der Waals surface area contributed by atoms with Crippen LogP contribution < -0.4 is 4.90 Å². The van der Waals surface area contributed by atoms with Gasteiger partial charge in [0, 0.05) is 29.8 Å². The maximum atomic E-state index is 12.3. The molecule has 0 N–H and O–H groups in total. The van der Waals surface area contributed by atoms with Crippen molar-refractivity contribution in [1.82, 2.24) is 0 Å². The van der Waals surface area contributed by atoms with E-state index < -0.39 is 0 Å². The molecule has 0 radical (unpaired) electrons. The number of halogens is 2. The quantitative estimate of drug-likeness (QED) is 0.535. The number of rotatable bonds is 5. The molecule has 0 unspecified atom stereocenters. The average Bonchev–Trinajstić information content (AvgIpc) is 2.52. The van der Waals surface area contributed by atoms with Crippen molar-refractivity contribution in [2.24, 2.45) is 0 Å². The van der Waals surface area contributed by atoms with E-state index in [1.165, 1.54) is 0 Å². The van der Waals surface area contributed by atoms with Crippen molar-refractivity contribution in [1.29, 1.82) is 0 Å². The van der Waals surface area contributed by atoms with E-state index in [1.807, 2.05) is 55.4 Å². The number of anilines is 1. The Hall–Kier alpha value is -1.58. The Balaban J connectivity index is 2.09. The van der Waals surface area contributed by atoms with Crippen LogP contribution in [-0.2, 0) is 6.42 Å². The minimum absolute atomic E-state index is 0.151. The first-order valence-electron chi connectivity index (χ1n) is 6.89. The Labute approximate surface area is 144 Å². The summed E-state index contributed by atoms with van der Waals surface area (Å²) < 4.78 is 1.01. The molecule has 0 heterocycles. The maximum absolute atomic E-state index is 12.3. The number of benzene rings is 2. The molecule has 114 valence electrons. The molecule has 0 aliphatic carbocycles. The lowest BCUT2D eigenvalue weighted by atomic mass is 10.1. The minimum atomic E-state index is -0.151. The zero-order chi connectivity index (χ0) is 16.1. The van der Waals surface area contributed by atoms with Gasteiger partial charge in [-0.2, -0.15) is 0 Å². The third-order valence-corrected chi connectivity index (χ3v) is 4.09. The monoisotopic (exact) mass is 377 g/mol. The lowest BCUT2D eigenvalue weighted by Crippen LogP contribution is -2.08. The second-order valence-electron chi connectivity index (χ2n) is 5.16. The Morgan fingerprint density at radius 2 is 1.86 bits per heavy atom. The molecule has 0 aromatic heterocycles. The van der Waals surface area contributed by atoms with Crippen LogP contribution in [0.1, 0.15) is 15.9 Å². The molecule has 4 heteroatoms. The Morgan fingerprint density at radius 3 is 2.45 bits per heavy atom. The van der Waals surface area contributed by atoms with Gasteiger partial charge in [-0.25, -0.2) is 0 Å². The number of carbonyl (C=O) groups is 1. The van der Waals surface area contributed by atoms with Crippen LogP contribution in [0.25, 0.3) is 0 Å². The van der Waals surface area contributed by atoms with Crippen LogP contribution in [0.5, 0.6) is 0 Å². The summed E-state index contributed by atoms with van der Waals surface area (Å²) in [7, 11) is 3.92. The number of Topliss-reactive ketones (excluding diaryl/α,β-unsaturated/α-hetero) is 1. The summed E-state index contributed by atoms with van der Waals surface area (Å²) in [6, 6.07) is 15.4. The Kier molecular flexibility index (Phi) is 5.81. The summed E-state index contributed by atoms with van der Waals surface area (Å²) in [6.07, 6.45) is 2.38. The zero-order valence-corrected chi connectivity index (χ0v) is 14.9. The van der Waals surface area contributed by atoms with Gasteiger partial charge in [0.25, 0.3) is 0 Å². The van der Waals surface area contributed by atoms with Gasteiger partial charge in [0.1, 0.15) is 0 Å². The molecule has 0 bridgehead atoms. The molecular formula is C18H17BrClNO. The highest BCUT2D eigenvalue weighted by molar-refractivity contribution is 9.10. The minimum Gasteiger partial charge on any atom is -0.378 e. The number of hydrogen-bond donors (Lipinski definition) is 0. The van der Waals surface area contributed by atoms with Crippen molar-refractivity contribution in [3.05, 3.63) is 75.2 Å². The van der Waals surface area contributed by atoms with E-state index in [0.29, 0.717) is 12.0 Å². The predicted molar refractivity (Wildman–Crippen MR) is 96.9 cm³/mol. The first-order valence-corrected chi connectivity index (χ1v) is 8.06. The highest BCUT2D eigenvalue weighted by Gasteiger charge is 2.10. The standard InChI is InChI=1S/C18H17BrClNO/c1-21(2)16-9-7-14(8-10-16)18(22)17(20)11-6-13-4-3-5-15(19)12-13/h3-5,7-12H,6H2,1-2H3/b17-11-. The Bertz CT molecular complexity index is 692. The summed E-state index contributed by atoms with van der Waals surface area (Å²) in [5, 5.41) is 0.248. The van der Waals surface area contributed by atoms with Crippen molar-refractivity contribution in [2.45, 2.75) is 6.42 Å². The van der Waals surface area contributed by atoms with Crippen molar-refractivity contribution in [3.8, 4) is 0 Å². The SMILES string of the molecule is CN(C)c1ccc(C(=O)/C(Cl)=C/Cc2cccc(Br)c2)cc1. The van der Waals surface area contributed by atoms with E-state index >= 15 is 0 Å². The normalized spacial score (nSPS) is 11.4. The summed E-state index contributed by atoms with van der Waals surface area (Å²) >= 11 is 9.58. The first-order chi connectivity index (χ1) is 10.5. The van der Waals surface area contributed by atoms with Gasteiger partial charge >= 0.3 is 0 Å². The van der Waals surface area contributed by atoms with Crippen molar-refractivity contribution in [2.75, 3.05) is 19.0 Å². The molecule has 0 saturated carbocycles. The van der Waals surface area contributed by atoms with Gasteiger partial charge in [0.15, 0.2) is 0 Å². The molecule has 0 aliphatic heterocycles. The average molecular weight is 379 g/mol. The van der Waals surface area contributed by atoms with Crippen molar-refractivity contribution >= 4 is 39.0 Å². The second-order valence-corrected chi connectivity index (χ2v) is 6.48. The molecule has 2 rings (SSSR count). The van der Waals surface area contributed by atoms with E-state index in [4.69, 9.17) is 11.6 Å². The first kappa shape index (κ1) is 16.8. The lowest BCUT2D eigenvalue weighted by Gasteiger charge is -2.12. The lowest BCUT2D eigenvalue weighted by molar-refractivity contribution is 0.104. The van der Waals surface area contributed by atoms with Crippen LogP contribution in [0.3, 0.4) is 0 Å². The molecule has 0 saturated heterocycles. The fourth-order valence-electron chi connectivity index (χ4n) is 2.01. The molecule has 0 fully saturated rings. The number of nitrogens with zero attached hydrogens (tertiary/aromatic N) is 1. The van der Waals surface area contributed by atoms with Crippen molar-refractivity contribution in [3.63, 3.8) is 0 Å². The summed E-state index contributed by atoms with van der Waals surface area (Å²) in [5.41, 5.74) is 2.75. The molecule has 0 spiro atoms. The topological polar surface area (TPSA) is 20.3 Å². The molecule has 0 aliphatic rings. The fraction of sp³-hybridized carbons (Fsp3) is 0.167. The molecule has 0 amide bonds. The summed E-state index contributed by atoms with van der Waals surface area (Å²) in [6.45, 7) is 0. The number of ketones is 1. The maximum Gasteiger partial charge on any atom is 0.204 e. The smallest absolute Gasteiger partial charge is 0.204 e. The Morgan fingerprint density at radius 1 is 1.18 bits per heavy atom. The molecule has 0 atom stereocenters. The van der Waals surface area contributed by atoms with Gasteiger partial charge in [-0.05, 0) is 48.4 Å². The van der Waals surface area contributed by atoms with Crippen LogP contribution in [0, 0.1) is 0 Å². The highest BCUT2D eigenvalue weighted by atomic mass is 79.9. The zero-order valence-electron chi connectivity index (χ0n) is 12.5. The van der Waals surface area contributed by atoms with E-state index in [1.54, 1.807) is 18.2 Å². The second kappa shape index (κ2) is 7.61. The molecule has 2 nitrogen and oxygen atoms in total. The fourth-order valence-corrected chi connectivity index (χ4v) is 2.65. The van der Waals surface area contributed by atoms with Crippen LogP contribution in [0.4, 0.5) is 5.69 Å². The van der Waals surface area contributed by atoms with Gasteiger partial charge < -0.3 is 4.90 Å². The van der Waals surface area contributed by atoms with Crippen molar-refractivity contribution < 1.29 is 4.79 Å². The van der Waals surface area contributed by atoms with Gasteiger partial charge in [-0.15, -0.1) is 0 Å². The molecule has 2 aromatic carbocycles. The number of carbonyl (C=O) groups excluding carboxylic acids is 1. The van der Waals surface area contributed by atoms with Crippen LogP contribution in [0.15, 0.2) is 64.1 Å². The summed E-state index contributed by atoms with van der Waals surface area (Å²) in [4.78, 5) is 14.3. The number of allylic oxidation sites excluding steroid dienone is 2. The van der Waals surface area contributed by atoms with Gasteiger partial charge in [-0.3, -0.25) is 4.79 Å². The third kappa shape index (κ3) is 4.46. The van der Waals surface area contributed by atoms with E-state index in [9.17, 15) is 4.79 Å². The van der Waals surface area contributed by atoms with Gasteiger partial charge in [-0.1, -0.05) is 45.7 Å². The van der Waals surface area contributed by atoms with Gasteiger partial charge in [0.05, 0.1) is 5.03 Å². The highest BCUT2D eigenvalue weighted by Crippen LogP contribution is 2.18. The third-order valence-electron chi connectivity index (χ3n) is 3.27. The van der Waals surface area contributed by atoms with Crippen LogP contribution in [0.2, 0.25) is 0 Å². The van der Waals surface area contributed by atoms with Gasteiger partial charge in [0.2, 0.25) is 5.78 Å². The predicted octanol–water partition coefficient (Wildman–Crippen LogP) is 5.06. The molecular weight excluding hydrogens is 362 g/mol. The molecule has 22 heavy (non-hydrogen) atoms. The van der Waals surface area contributed by atoms with E-state index in [0.717, 1.165) is 15.7 Å². The van der Waals surface area contributed by atoms with E-state index in [-0.39, 0.29) is 10.8 Å². The number of hydrogen-bond acceptors (Lipinski definition) is 2. The summed E-state index contributed by atoms with van der Waals surface area (Å²) in [5.74, 6) is -0.151. The van der Waals surface area contributed by atoms with E-state index in [2.05, 4.69) is 15.9 Å².